The minimum atomic E-state index is -0.692. The van der Waals surface area contributed by atoms with Gasteiger partial charge in [-0.15, -0.1) is 12.6 Å². The lowest BCUT2D eigenvalue weighted by molar-refractivity contribution is 0.143. The zero-order valence-corrected chi connectivity index (χ0v) is 13.8. The van der Waals surface area contributed by atoms with Gasteiger partial charge in [0.25, 0.3) is 0 Å². The second-order valence-corrected chi connectivity index (χ2v) is 6.82. The highest BCUT2D eigenvalue weighted by atomic mass is 32.1. The molecule has 1 heterocycles. The molecule has 2 fully saturated rings. The summed E-state index contributed by atoms with van der Waals surface area (Å²) in [6.07, 6.45) is 0.422. The molecule has 8 heteroatoms. The molecule has 1 amide bonds. The van der Waals surface area contributed by atoms with Crippen LogP contribution in [0, 0.1) is 17.1 Å². The van der Waals surface area contributed by atoms with Crippen molar-refractivity contribution in [3.8, 4) is 6.07 Å². The van der Waals surface area contributed by atoms with Gasteiger partial charge in [0.15, 0.2) is 0 Å². The summed E-state index contributed by atoms with van der Waals surface area (Å²) in [5, 5.41) is 12.0. The van der Waals surface area contributed by atoms with E-state index in [9.17, 15) is 14.4 Å². The van der Waals surface area contributed by atoms with Crippen LogP contribution in [0.3, 0.4) is 0 Å². The van der Waals surface area contributed by atoms with Gasteiger partial charge < -0.3 is 10.1 Å². The third-order valence-electron chi connectivity index (χ3n) is 4.10. The Hall–Kier alpha value is -1.85. The maximum absolute atomic E-state index is 14.3. The molecule has 23 heavy (non-hydrogen) atoms. The van der Waals surface area contributed by atoms with E-state index in [-0.39, 0.29) is 6.10 Å². The number of hydrogen-bond acceptors (Lipinski definition) is 4. The van der Waals surface area contributed by atoms with E-state index in [1.807, 2.05) is 0 Å². The van der Waals surface area contributed by atoms with Crippen molar-refractivity contribution < 1.29 is 13.9 Å². The summed E-state index contributed by atoms with van der Waals surface area (Å²) in [5.74, 6) is -0.465. The number of nitrogens with one attached hydrogen (secondary N) is 1. The van der Waals surface area contributed by atoms with Crippen LogP contribution in [0.15, 0.2) is 18.2 Å². The molecular formula is C15H14FN3O2S2. The van der Waals surface area contributed by atoms with Crippen molar-refractivity contribution >= 4 is 40.9 Å². The van der Waals surface area contributed by atoms with Gasteiger partial charge in [0.1, 0.15) is 16.2 Å². The number of thiol groups is 1. The lowest BCUT2D eigenvalue weighted by atomic mass is 9.97. The number of amides is 1. The zero-order valence-electron chi connectivity index (χ0n) is 12.1. The van der Waals surface area contributed by atoms with Crippen LogP contribution in [0.25, 0.3) is 0 Å². The number of halogens is 1. The standard InChI is InChI=1S/C15H14FN3O2S2/c16-12-5-9(1-2-11(12)15(8-17)3-4-15)19-7-10(21-14(19)20)6-18-13(22)23/h1-2,5,10H,3-4,6-7H2,(H2,18,22,23)/t10-/m0/s1. The van der Waals surface area contributed by atoms with Crippen molar-refractivity contribution in [3.63, 3.8) is 0 Å². The minimum Gasteiger partial charge on any atom is -0.442 e. The van der Waals surface area contributed by atoms with Gasteiger partial charge in [-0.1, -0.05) is 18.3 Å². The molecule has 1 N–H and O–H groups in total. The molecule has 3 rings (SSSR count). The van der Waals surface area contributed by atoms with E-state index in [1.165, 1.54) is 11.0 Å². The molecule has 0 radical (unpaired) electrons. The molecule has 1 aromatic carbocycles. The number of ether oxygens (including phenoxy) is 1. The van der Waals surface area contributed by atoms with Crippen LogP contribution in [-0.4, -0.2) is 29.6 Å². The second kappa shape index (κ2) is 5.98. The molecular weight excluding hydrogens is 337 g/mol. The number of nitriles is 1. The van der Waals surface area contributed by atoms with Crippen molar-refractivity contribution in [1.82, 2.24) is 5.32 Å². The Bertz CT molecular complexity index is 715. The maximum Gasteiger partial charge on any atom is 0.414 e. The molecule has 1 aliphatic heterocycles. The van der Waals surface area contributed by atoms with E-state index >= 15 is 0 Å². The monoisotopic (exact) mass is 351 g/mol. The molecule has 1 saturated heterocycles. The molecule has 0 spiro atoms. The Balaban J connectivity index is 1.75. The number of nitrogens with zero attached hydrogens (tertiary/aromatic N) is 2. The van der Waals surface area contributed by atoms with Crippen molar-refractivity contribution in [2.75, 3.05) is 18.0 Å². The first-order valence-electron chi connectivity index (χ1n) is 7.11. The van der Waals surface area contributed by atoms with Crippen LogP contribution in [0.4, 0.5) is 14.9 Å². The summed E-state index contributed by atoms with van der Waals surface area (Å²) in [7, 11) is 0. The Morgan fingerprint density at radius 3 is 2.91 bits per heavy atom. The van der Waals surface area contributed by atoms with Gasteiger partial charge in [0.05, 0.1) is 30.3 Å². The van der Waals surface area contributed by atoms with Crippen LogP contribution < -0.4 is 10.2 Å². The minimum absolute atomic E-state index is 0.296. The van der Waals surface area contributed by atoms with Crippen molar-refractivity contribution in [2.24, 2.45) is 0 Å². The van der Waals surface area contributed by atoms with E-state index in [4.69, 9.17) is 17.0 Å². The van der Waals surface area contributed by atoms with Gasteiger partial charge in [-0.05, 0) is 25.0 Å². The van der Waals surface area contributed by atoms with Crippen LogP contribution in [0.2, 0.25) is 0 Å². The Labute approximate surface area is 143 Å². The summed E-state index contributed by atoms with van der Waals surface area (Å²) in [4.78, 5) is 13.3. The Morgan fingerprint density at radius 1 is 1.61 bits per heavy atom. The average molecular weight is 351 g/mol. The van der Waals surface area contributed by atoms with Crippen molar-refractivity contribution in [1.29, 1.82) is 5.26 Å². The van der Waals surface area contributed by atoms with Gasteiger partial charge in [-0.2, -0.15) is 5.26 Å². The summed E-state index contributed by atoms with van der Waals surface area (Å²) in [6.45, 7) is 0.646. The third-order valence-corrected chi connectivity index (χ3v) is 4.40. The highest BCUT2D eigenvalue weighted by Gasteiger charge is 2.47. The number of carbonyl (C=O) groups excluding carboxylic acids is 1. The number of anilines is 1. The quantitative estimate of drug-likeness (QED) is 0.645. The number of benzene rings is 1. The summed E-state index contributed by atoms with van der Waals surface area (Å²) in [6, 6.07) is 6.69. The summed E-state index contributed by atoms with van der Waals surface area (Å²) in [5.41, 5.74) is 0.124. The number of thiocarbonyl (C=S) groups is 1. The molecule has 120 valence electrons. The van der Waals surface area contributed by atoms with Gasteiger partial charge in [0, 0.05) is 5.56 Å². The van der Waals surface area contributed by atoms with E-state index in [1.54, 1.807) is 12.1 Å². The molecule has 0 aromatic heterocycles. The summed E-state index contributed by atoms with van der Waals surface area (Å²) < 4.78 is 19.9. The predicted molar refractivity (Wildman–Crippen MR) is 90.1 cm³/mol. The molecule has 1 saturated carbocycles. The fraction of sp³-hybridized carbons (Fsp3) is 0.400. The fourth-order valence-corrected chi connectivity index (χ4v) is 2.84. The second-order valence-electron chi connectivity index (χ2n) is 5.66. The molecule has 0 bridgehead atoms. The lowest BCUT2D eigenvalue weighted by Gasteiger charge is -2.15. The molecule has 0 unspecified atom stereocenters. The van der Waals surface area contributed by atoms with Gasteiger partial charge in [-0.25, -0.2) is 9.18 Å². The smallest absolute Gasteiger partial charge is 0.414 e. The van der Waals surface area contributed by atoms with Crippen molar-refractivity contribution in [3.05, 3.63) is 29.6 Å². The number of rotatable bonds is 4. The molecule has 1 aromatic rings. The largest absolute Gasteiger partial charge is 0.442 e. The molecule has 5 nitrogen and oxygen atoms in total. The third kappa shape index (κ3) is 3.12. The highest BCUT2D eigenvalue weighted by molar-refractivity contribution is 8.11. The van der Waals surface area contributed by atoms with Crippen LogP contribution in [0.1, 0.15) is 18.4 Å². The van der Waals surface area contributed by atoms with Crippen LogP contribution in [0.5, 0.6) is 0 Å². The maximum atomic E-state index is 14.3. The first-order chi connectivity index (χ1) is 10.9. The number of cyclic esters (lactones) is 1. The first-order valence-corrected chi connectivity index (χ1v) is 7.97. The van der Waals surface area contributed by atoms with Gasteiger partial charge >= 0.3 is 6.09 Å². The zero-order chi connectivity index (χ0) is 16.6. The first kappa shape index (κ1) is 16.0. The van der Waals surface area contributed by atoms with Crippen LogP contribution >= 0.6 is 24.8 Å². The number of hydrogen-bond donors (Lipinski definition) is 2. The van der Waals surface area contributed by atoms with E-state index in [0.29, 0.717) is 41.5 Å². The highest BCUT2D eigenvalue weighted by Crippen LogP contribution is 2.48. The van der Waals surface area contributed by atoms with Crippen molar-refractivity contribution in [2.45, 2.75) is 24.4 Å². The molecule has 2 aliphatic rings. The number of carbonyl (C=O) groups is 1. The Kier molecular flexibility index (Phi) is 4.17. The van der Waals surface area contributed by atoms with E-state index < -0.39 is 17.3 Å². The van der Waals surface area contributed by atoms with Gasteiger partial charge in [-0.3, -0.25) is 4.90 Å². The molecule has 1 aliphatic carbocycles. The van der Waals surface area contributed by atoms with Gasteiger partial charge in [0.2, 0.25) is 0 Å². The predicted octanol–water partition coefficient (Wildman–Crippen LogP) is 2.51. The normalized spacial score (nSPS) is 21.5. The average Bonchev–Trinajstić information content (AvgIpc) is 3.22. The Morgan fingerprint density at radius 2 is 2.35 bits per heavy atom. The molecule has 1 atom stereocenters. The van der Waals surface area contributed by atoms with E-state index in [0.717, 1.165) is 0 Å². The lowest BCUT2D eigenvalue weighted by Crippen LogP contribution is -2.32. The van der Waals surface area contributed by atoms with E-state index in [2.05, 4.69) is 24.0 Å². The summed E-state index contributed by atoms with van der Waals surface area (Å²) >= 11 is 8.73. The topological polar surface area (TPSA) is 65.4 Å². The SMILES string of the molecule is N#CC1(c2ccc(N3C[C@H](CNC(=S)S)OC3=O)cc2F)CC1. The fourth-order valence-electron chi connectivity index (χ4n) is 2.67. The van der Waals surface area contributed by atoms with Crippen LogP contribution in [-0.2, 0) is 10.2 Å².